The van der Waals surface area contributed by atoms with Crippen LogP contribution in [0.3, 0.4) is 0 Å². The van der Waals surface area contributed by atoms with E-state index in [1.54, 1.807) is 6.20 Å². The highest BCUT2D eigenvalue weighted by atomic mass is 32.1. The molecule has 0 atom stereocenters. The number of ether oxygens (including phenoxy) is 1. The smallest absolute Gasteiger partial charge is 0.444 e. The van der Waals surface area contributed by atoms with Gasteiger partial charge in [-0.15, -0.1) is 11.3 Å². The summed E-state index contributed by atoms with van der Waals surface area (Å²) in [4.78, 5) is 16.9. The van der Waals surface area contributed by atoms with Gasteiger partial charge in [0, 0.05) is 11.1 Å². The molecule has 0 aromatic carbocycles. The van der Waals surface area contributed by atoms with Gasteiger partial charge in [-0.25, -0.2) is 9.78 Å². The minimum Gasteiger partial charge on any atom is -0.444 e. The number of hydrogen-bond donors (Lipinski definition) is 1. The number of amides is 1. The maximum atomic E-state index is 11.7. The summed E-state index contributed by atoms with van der Waals surface area (Å²) in [6.45, 7) is 13.9. The minimum atomic E-state index is -0.510. The van der Waals surface area contributed by atoms with Crippen molar-refractivity contribution in [1.29, 1.82) is 0 Å². The summed E-state index contributed by atoms with van der Waals surface area (Å²) in [7, 11) is -0.379. The lowest BCUT2D eigenvalue weighted by molar-refractivity contribution is 0.00578. The topological polar surface area (TPSA) is 69.7 Å². The number of nitrogens with zero attached hydrogens (tertiary/aromatic N) is 1. The summed E-state index contributed by atoms with van der Waals surface area (Å²) in [6, 6.07) is 0. The van der Waals surface area contributed by atoms with Crippen LogP contribution in [0.15, 0.2) is 12.2 Å². The van der Waals surface area contributed by atoms with Crippen molar-refractivity contribution in [2.24, 2.45) is 0 Å². The molecule has 25 heavy (non-hydrogen) atoms. The highest BCUT2D eigenvalue weighted by Crippen LogP contribution is 2.37. The van der Waals surface area contributed by atoms with E-state index >= 15 is 0 Å². The highest BCUT2D eigenvalue weighted by Gasteiger charge is 2.50. The van der Waals surface area contributed by atoms with Gasteiger partial charge in [0.2, 0.25) is 0 Å². The molecule has 0 unspecified atom stereocenters. The van der Waals surface area contributed by atoms with Crippen LogP contribution >= 0.6 is 11.3 Å². The summed E-state index contributed by atoms with van der Waals surface area (Å²) in [5.41, 5.74) is -1.21. The van der Waals surface area contributed by atoms with E-state index in [2.05, 4.69) is 10.3 Å². The Morgan fingerprint density at radius 2 is 1.92 bits per heavy atom. The quantitative estimate of drug-likeness (QED) is 0.821. The number of carbonyl (C=O) groups is 1. The lowest BCUT2D eigenvalue weighted by Gasteiger charge is -2.32. The maximum Gasteiger partial charge on any atom is 0.487 e. The monoisotopic (exact) mass is 366 g/mol. The molecule has 0 spiro atoms. The number of rotatable bonds is 4. The molecule has 2 rings (SSSR count). The zero-order valence-corrected chi connectivity index (χ0v) is 16.8. The standard InChI is InChI=1S/C17H27BN2O4S/c1-15(2,3)22-14(21)20-11-13-19-10-12(25-13)8-9-18-23-16(4,5)17(6,7)24-18/h8-10H,11H2,1-7H3,(H,20,21)/b9-8+. The predicted octanol–water partition coefficient (Wildman–Crippen LogP) is 3.81. The van der Waals surface area contributed by atoms with Crippen LogP contribution < -0.4 is 5.32 Å². The number of thiazole rings is 1. The molecule has 138 valence electrons. The molecule has 1 fully saturated rings. The lowest BCUT2D eigenvalue weighted by atomic mass is 9.90. The Morgan fingerprint density at radius 3 is 2.48 bits per heavy atom. The SMILES string of the molecule is CC(C)(C)OC(=O)NCc1ncc(/C=C/B2OC(C)(C)C(C)(C)O2)s1. The van der Waals surface area contributed by atoms with E-state index in [9.17, 15) is 4.79 Å². The largest absolute Gasteiger partial charge is 0.487 e. The van der Waals surface area contributed by atoms with Gasteiger partial charge < -0.3 is 19.4 Å². The van der Waals surface area contributed by atoms with Crippen molar-refractivity contribution < 1.29 is 18.8 Å². The first-order valence-electron chi connectivity index (χ1n) is 8.33. The van der Waals surface area contributed by atoms with E-state index in [-0.39, 0.29) is 18.3 Å². The van der Waals surface area contributed by atoms with Gasteiger partial charge in [0.1, 0.15) is 10.6 Å². The highest BCUT2D eigenvalue weighted by molar-refractivity contribution is 7.12. The van der Waals surface area contributed by atoms with Crippen LogP contribution in [0.1, 0.15) is 58.4 Å². The number of alkyl carbamates (subject to hydrolysis) is 1. The van der Waals surface area contributed by atoms with E-state index in [0.717, 1.165) is 9.88 Å². The van der Waals surface area contributed by atoms with Crippen LogP contribution in [-0.2, 0) is 20.6 Å². The fourth-order valence-electron chi connectivity index (χ4n) is 2.09. The Kier molecular flexibility index (Phi) is 5.66. The second-order valence-electron chi connectivity index (χ2n) is 8.00. The Bertz CT molecular complexity index is 633. The fourth-order valence-corrected chi connectivity index (χ4v) is 2.86. The van der Waals surface area contributed by atoms with Crippen molar-refractivity contribution in [2.75, 3.05) is 0 Å². The van der Waals surface area contributed by atoms with Crippen molar-refractivity contribution in [3.8, 4) is 0 Å². The number of nitrogens with one attached hydrogen (secondary N) is 1. The fraction of sp³-hybridized carbons (Fsp3) is 0.647. The molecule has 0 saturated carbocycles. The Balaban J connectivity index is 1.87. The van der Waals surface area contributed by atoms with Crippen LogP contribution in [0, 0.1) is 0 Å². The molecule has 1 amide bonds. The molecule has 0 bridgehead atoms. The van der Waals surface area contributed by atoms with E-state index in [1.165, 1.54) is 11.3 Å². The van der Waals surface area contributed by atoms with E-state index in [4.69, 9.17) is 14.0 Å². The Hall–Kier alpha value is -1.38. The van der Waals surface area contributed by atoms with Gasteiger partial charge in [-0.2, -0.15) is 0 Å². The molecule has 6 nitrogen and oxygen atoms in total. The zero-order valence-electron chi connectivity index (χ0n) is 16.0. The molecule has 1 aliphatic rings. The van der Waals surface area contributed by atoms with Crippen LogP contribution in [0.5, 0.6) is 0 Å². The summed E-state index contributed by atoms with van der Waals surface area (Å²) in [5, 5.41) is 3.51. The molecule has 1 aromatic heterocycles. The molecule has 1 aliphatic heterocycles. The van der Waals surface area contributed by atoms with Crippen molar-refractivity contribution >= 4 is 30.6 Å². The van der Waals surface area contributed by atoms with Gasteiger partial charge in [-0.3, -0.25) is 0 Å². The Labute approximate surface area is 154 Å². The van der Waals surface area contributed by atoms with Crippen molar-refractivity contribution in [3.05, 3.63) is 22.1 Å². The maximum absolute atomic E-state index is 11.7. The first kappa shape index (κ1) is 19.9. The van der Waals surface area contributed by atoms with Gasteiger partial charge in [-0.1, -0.05) is 12.1 Å². The average Bonchev–Trinajstić information content (AvgIpc) is 2.95. The number of carbonyl (C=O) groups excluding carboxylic acids is 1. The third-order valence-corrected chi connectivity index (χ3v) is 5.01. The average molecular weight is 366 g/mol. The molecular weight excluding hydrogens is 339 g/mol. The van der Waals surface area contributed by atoms with Crippen LogP contribution in [0.4, 0.5) is 4.79 Å². The van der Waals surface area contributed by atoms with Gasteiger partial charge in [0.05, 0.1) is 17.7 Å². The van der Waals surface area contributed by atoms with Crippen molar-refractivity contribution in [2.45, 2.75) is 71.8 Å². The third kappa shape index (κ3) is 5.55. The summed E-state index contributed by atoms with van der Waals surface area (Å²) >= 11 is 1.50. The number of aromatic nitrogens is 1. The molecule has 0 aliphatic carbocycles. The van der Waals surface area contributed by atoms with E-state index in [0.29, 0.717) is 6.54 Å². The first-order chi connectivity index (χ1) is 11.4. The molecule has 0 radical (unpaired) electrons. The van der Waals surface area contributed by atoms with Crippen molar-refractivity contribution in [3.63, 3.8) is 0 Å². The van der Waals surface area contributed by atoms with Crippen molar-refractivity contribution in [1.82, 2.24) is 10.3 Å². The van der Waals surface area contributed by atoms with Gasteiger partial charge in [-0.05, 0) is 48.5 Å². The molecule has 8 heteroatoms. The van der Waals surface area contributed by atoms with E-state index < -0.39 is 11.7 Å². The molecule has 2 heterocycles. The molecule has 1 N–H and O–H groups in total. The first-order valence-corrected chi connectivity index (χ1v) is 9.15. The van der Waals surface area contributed by atoms with Crippen LogP contribution in [0.25, 0.3) is 6.08 Å². The van der Waals surface area contributed by atoms with Crippen LogP contribution in [0.2, 0.25) is 0 Å². The van der Waals surface area contributed by atoms with Crippen LogP contribution in [-0.4, -0.2) is 35.0 Å². The predicted molar refractivity (Wildman–Crippen MR) is 100 cm³/mol. The summed E-state index contributed by atoms with van der Waals surface area (Å²) in [5.74, 6) is 1.88. The molecule has 1 saturated heterocycles. The lowest BCUT2D eigenvalue weighted by Crippen LogP contribution is -2.41. The molecular formula is C17H27BN2O4S. The normalized spacial score (nSPS) is 19.4. The second kappa shape index (κ2) is 7.09. The zero-order chi connectivity index (χ0) is 18.9. The summed E-state index contributed by atoms with van der Waals surface area (Å²) in [6.07, 6.45) is 3.24. The third-order valence-electron chi connectivity index (χ3n) is 4.04. The van der Waals surface area contributed by atoms with Gasteiger partial charge >= 0.3 is 13.2 Å². The summed E-state index contributed by atoms with van der Waals surface area (Å²) < 4.78 is 17.0. The number of hydrogen-bond acceptors (Lipinski definition) is 6. The second-order valence-corrected chi connectivity index (χ2v) is 9.14. The van der Waals surface area contributed by atoms with E-state index in [1.807, 2.05) is 60.5 Å². The Morgan fingerprint density at radius 1 is 1.32 bits per heavy atom. The van der Waals surface area contributed by atoms with Gasteiger partial charge in [0.15, 0.2) is 0 Å². The minimum absolute atomic E-state index is 0.337. The molecule has 1 aromatic rings. The van der Waals surface area contributed by atoms with Gasteiger partial charge in [0.25, 0.3) is 0 Å².